The summed E-state index contributed by atoms with van der Waals surface area (Å²) in [5, 5.41) is 12.1. The maximum Gasteiger partial charge on any atom is 0.326 e. The number of hydrogen-bond donors (Lipinski definition) is 2. The molecule has 0 radical (unpaired) electrons. The maximum atomic E-state index is 12.6. The highest BCUT2D eigenvalue weighted by Crippen LogP contribution is 2.29. The van der Waals surface area contributed by atoms with E-state index < -0.39 is 12.0 Å². The molecule has 25 heavy (non-hydrogen) atoms. The zero-order valence-corrected chi connectivity index (χ0v) is 14.7. The van der Waals surface area contributed by atoms with Gasteiger partial charge in [-0.2, -0.15) is 0 Å². The van der Waals surface area contributed by atoms with E-state index in [2.05, 4.69) is 5.32 Å². The highest BCUT2D eigenvalue weighted by Gasteiger charge is 2.38. The molecule has 2 rings (SSSR count). The summed E-state index contributed by atoms with van der Waals surface area (Å²) >= 11 is 0. The molecule has 2 N–H and O–H groups in total. The number of amides is 2. The van der Waals surface area contributed by atoms with Gasteiger partial charge in [0.1, 0.15) is 12.6 Å². The second kappa shape index (κ2) is 9.72. The highest BCUT2D eigenvalue weighted by atomic mass is 16.5. The lowest BCUT2D eigenvalue weighted by atomic mass is 9.85. The van der Waals surface area contributed by atoms with Crippen molar-refractivity contribution in [2.75, 3.05) is 33.5 Å². The van der Waals surface area contributed by atoms with Gasteiger partial charge >= 0.3 is 5.97 Å². The molecule has 1 saturated carbocycles. The number of carboxylic acid groups (broad SMARTS) is 1. The summed E-state index contributed by atoms with van der Waals surface area (Å²) in [7, 11) is 1.57. The first-order valence-corrected chi connectivity index (χ1v) is 8.92. The average molecular weight is 356 g/mol. The van der Waals surface area contributed by atoms with Crippen LogP contribution in [0.5, 0.6) is 0 Å². The van der Waals surface area contributed by atoms with Crippen LogP contribution in [0, 0.1) is 5.92 Å². The van der Waals surface area contributed by atoms with E-state index in [9.17, 15) is 19.5 Å². The van der Waals surface area contributed by atoms with Crippen molar-refractivity contribution in [3.8, 4) is 0 Å². The van der Waals surface area contributed by atoms with Gasteiger partial charge in [0.25, 0.3) is 0 Å². The number of rotatable bonds is 8. The fourth-order valence-electron chi connectivity index (χ4n) is 3.58. The number of carboxylic acids is 1. The highest BCUT2D eigenvalue weighted by molar-refractivity contribution is 5.85. The van der Waals surface area contributed by atoms with Gasteiger partial charge in [-0.3, -0.25) is 9.59 Å². The van der Waals surface area contributed by atoms with Crippen LogP contribution in [0.2, 0.25) is 0 Å². The van der Waals surface area contributed by atoms with E-state index in [1.54, 1.807) is 7.11 Å². The predicted octanol–water partition coefficient (Wildman–Crippen LogP) is 0.400. The predicted molar refractivity (Wildman–Crippen MR) is 89.0 cm³/mol. The molecule has 142 valence electrons. The Morgan fingerprint density at radius 1 is 1.12 bits per heavy atom. The molecule has 0 aromatic rings. The van der Waals surface area contributed by atoms with Gasteiger partial charge in [-0.1, -0.05) is 0 Å². The average Bonchev–Trinajstić information content (AvgIpc) is 3.09. The number of methoxy groups -OCH3 is 1. The third-order valence-electron chi connectivity index (χ3n) is 4.93. The summed E-state index contributed by atoms with van der Waals surface area (Å²) in [6, 6.07) is -0.620. The number of carbonyl (C=O) groups excluding carboxylic acids is 2. The lowest BCUT2D eigenvalue weighted by molar-refractivity contribution is -0.150. The molecule has 8 heteroatoms. The van der Waals surface area contributed by atoms with E-state index in [1.807, 2.05) is 0 Å². The number of likely N-dealkylation sites (tertiary alicyclic amines) is 1. The maximum absolute atomic E-state index is 12.6. The SMILES string of the molecule is COCCOCC(=O)NC1CCC(C(=O)N2CCC[C@@H]2C(=O)O)CC1. The van der Waals surface area contributed by atoms with Gasteiger partial charge in [-0.05, 0) is 38.5 Å². The Kier molecular flexibility index (Phi) is 7.64. The molecule has 0 aromatic heterocycles. The molecule has 0 unspecified atom stereocenters. The zero-order valence-electron chi connectivity index (χ0n) is 14.7. The van der Waals surface area contributed by atoms with Crippen LogP contribution in [0.3, 0.4) is 0 Å². The van der Waals surface area contributed by atoms with Gasteiger partial charge in [-0.25, -0.2) is 4.79 Å². The van der Waals surface area contributed by atoms with Crippen LogP contribution in [0.25, 0.3) is 0 Å². The van der Waals surface area contributed by atoms with Crippen molar-refractivity contribution in [1.82, 2.24) is 10.2 Å². The number of carbonyl (C=O) groups is 3. The summed E-state index contributed by atoms with van der Waals surface area (Å²) < 4.78 is 10.0. The van der Waals surface area contributed by atoms with Crippen molar-refractivity contribution in [2.45, 2.75) is 50.6 Å². The van der Waals surface area contributed by atoms with Crippen LogP contribution < -0.4 is 5.32 Å². The summed E-state index contributed by atoms with van der Waals surface area (Å²) in [5.74, 6) is -1.25. The van der Waals surface area contributed by atoms with Crippen LogP contribution in [0.4, 0.5) is 0 Å². The van der Waals surface area contributed by atoms with Crippen molar-refractivity contribution < 1.29 is 29.0 Å². The van der Waals surface area contributed by atoms with Crippen LogP contribution in [0.15, 0.2) is 0 Å². The molecule has 0 spiro atoms. The lowest BCUT2D eigenvalue weighted by Crippen LogP contribution is -2.46. The molecule has 8 nitrogen and oxygen atoms in total. The first-order chi connectivity index (χ1) is 12.0. The van der Waals surface area contributed by atoms with E-state index in [0.29, 0.717) is 39.0 Å². The molecule has 0 aromatic carbocycles. The zero-order chi connectivity index (χ0) is 18.2. The van der Waals surface area contributed by atoms with Crippen LogP contribution >= 0.6 is 0 Å². The summed E-state index contributed by atoms with van der Waals surface area (Å²) in [5.41, 5.74) is 0. The van der Waals surface area contributed by atoms with Gasteiger partial charge in [0, 0.05) is 25.6 Å². The first kappa shape index (κ1) is 19.7. The lowest BCUT2D eigenvalue weighted by Gasteiger charge is -2.32. The molecule has 1 saturated heterocycles. The van der Waals surface area contributed by atoms with Crippen molar-refractivity contribution in [1.29, 1.82) is 0 Å². The van der Waals surface area contributed by atoms with Crippen molar-refractivity contribution in [3.63, 3.8) is 0 Å². The number of nitrogens with one attached hydrogen (secondary N) is 1. The molecule has 1 atom stereocenters. The minimum atomic E-state index is -0.916. The minimum absolute atomic E-state index is 0.0102. The fraction of sp³-hybridized carbons (Fsp3) is 0.824. The Morgan fingerprint density at radius 3 is 2.48 bits per heavy atom. The molecule has 0 bridgehead atoms. The molecule has 1 heterocycles. The topological polar surface area (TPSA) is 105 Å². The Morgan fingerprint density at radius 2 is 1.84 bits per heavy atom. The molecule has 2 fully saturated rings. The third-order valence-corrected chi connectivity index (χ3v) is 4.93. The Hall–Kier alpha value is -1.67. The Labute approximate surface area is 147 Å². The van der Waals surface area contributed by atoms with E-state index in [-0.39, 0.29) is 30.4 Å². The number of aliphatic carboxylic acids is 1. The van der Waals surface area contributed by atoms with Crippen molar-refractivity contribution in [2.24, 2.45) is 5.92 Å². The molecule has 2 amide bonds. The monoisotopic (exact) mass is 356 g/mol. The minimum Gasteiger partial charge on any atom is -0.480 e. The van der Waals surface area contributed by atoms with E-state index in [1.165, 1.54) is 4.90 Å². The van der Waals surface area contributed by atoms with Gasteiger partial charge < -0.3 is 24.8 Å². The quantitative estimate of drug-likeness (QED) is 0.610. The van der Waals surface area contributed by atoms with Gasteiger partial charge in [-0.15, -0.1) is 0 Å². The van der Waals surface area contributed by atoms with Crippen LogP contribution in [-0.2, 0) is 23.9 Å². The van der Waals surface area contributed by atoms with Gasteiger partial charge in [0.05, 0.1) is 13.2 Å². The first-order valence-electron chi connectivity index (χ1n) is 8.92. The summed E-state index contributed by atoms with van der Waals surface area (Å²) in [4.78, 5) is 37.2. The van der Waals surface area contributed by atoms with Gasteiger partial charge in [0.15, 0.2) is 0 Å². The standard InChI is InChI=1S/C17H28N2O6/c1-24-9-10-25-11-15(20)18-13-6-4-12(5-7-13)16(21)19-8-2-3-14(19)17(22)23/h12-14H,2-11H2,1H3,(H,18,20)(H,22,23)/t12?,13?,14-/m1/s1. The molecule has 1 aliphatic heterocycles. The second-order valence-corrected chi connectivity index (χ2v) is 6.69. The van der Waals surface area contributed by atoms with Crippen LogP contribution in [0.1, 0.15) is 38.5 Å². The number of nitrogens with zero attached hydrogens (tertiary/aromatic N) is 1. The normalized spacial score (nSPS) is 26.4. The van der Waals surface area contributed by atoms with Crippen molar-refractivity contribution in [3.05, 3.63) is 0 Å². The Balaban J connectivity index is 1.71. The molecule has 2 aliphatic rings. The van der Waals surface area contributed by atoms with E-state index in [4.69, 9.17) is 9.47 Å². The fourth-order valence-corrected chi connectivity index (χ4v) is 3.58. The summed E-state index contributed by atoms with van der Waals surface area (Å²) in [6.07, 6.45) is 4.10. The van der Waals surface area contributed by atoms with E-state index >= 15 is 0 Å². The number of ether oxygens (including phenoxy) is 2. The van der Waals surface area contributed by atoms with Crippen molar-refractivity contribution >= 4 is 17.8 Å². The molecular weight excluding hydrogens is 328 g/mol. The number of hydrogen-bond acceptors (Lipinski definition) is 5. The molecular formula is C17H28N2O6. The van der Waals surface area contributed by atoms with Crippen LogP contribution in [-0.4, -0.2) is 73.3 Å². The van der Waals surface area contributed by atoms with Gasteiger partial charge in [0.2, 0.25) is 11.8 Å². The largest absolute Gasteiger partial charge is 0.480 e. The Bertz CT molecular complexity index is 476. The third kappa shape index (κ3) is 5.67. The molecule has 1 aliphatic carbocycles. The van der Waals surface area contributed by atoms with E-state index in [0.717, 1.165) is 19.3 Å². The second-order valence-electron chi connectivity index (χ2n) is 6.69. The summed E-state index contributed by atoms with van der Waals surface area (Å²) in [6.45, 7) is 1.38. The smallest absolute Gasteiger partial charge is 0.326 e.